The van der Waals surface area contributed by atoms with Gasteiger partial charge in [0.1, 0.15) is 24.7 Å². The van der Waals surface area contributed by atoms with Crippen LogP contribution in [0.15, 0.2) is 0 Å². The number of carbonyl (C=O) groups excluding carboxylic acids is 6. The number of hydrogen-bond donors (Lipinski definition) is 9. The van der Waals surface area contributed by atoms with Crippen LogP contribution >= 0.6 is 12.6 Å². The summed E-state index contributed by atoms with van der Waals surface area (Å²) in [5.74, 6) is -6.24. The topological polar surface area (TPSA) is 252 Å². The van der Waals surface area contributed by atoms with Gasteiger partial charge in [-0.2, -0.15) is 12.6 Å². The first-order valence-electron chi connectivity index (χ1n) is 10.6. The van der Waals surface area contributed by atoms with Crippen LogP contribution in [0.25, 0.3) is 0 Å². The van der Waals surface area contributed by atoms with Crippen molar-refractivity contribution in [2.75, 3.05) is 25.4 Å². The van der Waals surface area contributed by atoms with E-state index < -0.39 is 79.0 Å². The number of amides is 6. The van der Waals surface area contributed by atoms with E-state index in [2.05, 4.69) is 39.2 Å². The Labute approximate surface area is 207 Å². The second kappa shape index (κ2) is 16.3. The van der Waals surface area contributed by atoms with E-state index in [1.807, 2.05) is 0 Å². The predicted molar refractivity (Wildman–Crippen MR) is 126 cm³/mol. The summed E-state index contributed by atoms with van der Waals surface area (Å²) in [4.78, 5) is 82.9. The molecule has 0 radical (unpaired) electrons. The zero-order valence-electron chi connectivity index (χ0n) is 19.5. The molecule has 0 bridgehead atoms. The van der Waals surface area contributed by atoms with Crippen LogP contribution in [0.5, 0.6) is 0 Å². The summed E-state index contributed by atoms with van der Waals surface area (Å²) in [6.07, 6.45) is -0.466. The number of nitrogens with one attached hydrogen (secondary N) is 5. The molecule has 0 aromatic rings. The highest BCUT2D eigenvalue weighted by molar-refractivity contribution is 7.80. The van der Waals surface area contributed by atoms with Crippen LogP contribution in [-0.4, -0.2) is 90.0 Å². The lowest BCUT2D eigenvalue weighted by Crippen LogP contribution is -2.56. The first-order chi connectivity index (χ1) is 16.3. The molecular formula is C19H33N7O8S. The van der Waals surface area contributed by atoms with E-state index in [0.29, 0.717) is 0 Å². The van der Waals surface area contributed by atoms with Gasteiger partial charge in [0.15, 0.2) is 0 Å². The van der Waals surface area contributed by atoms with Crippen LogP contribution in [0.3, 0.4) is 0 Å². The zero-order chi connectivity index (χ0) is 27.1. The van der Waals surface area contributed by atoms with E-state index in [9.17, 15) is 33.6 Å². The van der Waals surface area contributed by atoms with Gasteiger partial charge in [0, 0.05) is 5.75 Å². The standard InChI is InChI=1S/C19H33N7O8S/c1-9(2)3-10(17(32)23-7-16(30)31)26-19(34)11(4-13(21)27)24-15(29)6-22-18(33)12(8-35)25-14(28)5-20/h9-12,35H,3-8,20H2,1-2H3,(H2,21,27)(H,22,33)(H,23,32)(H,24,29)(H,25,28)(H,26,34)(H,30,31)/t10-,11-,12-/m0/s1. The molecule has 0 rings (SSSR count). The predicted octanol–water partition coefficient (Wildman–Crippen LogP) is -4.43. The van der Waals surface area contributed by atoms with Gasteiger partial charge in [0.05, 0.1) is 19.5 Å². The van der Waals surface area contributed by atoms with Crippen molar-refractivity contribution in [1.29, 1.82) is 0 Å². The summed E-state index contributed by atoms with van der Waals surface area (Å²) in [6, 6.07) is -3.68. The molecule has 0 saturated carbocycles. The summed E-state index contributed by atoms with van der Waals surface area (Å²) in [7, 11) is 0. The lowest BCUT2D eigenvalue weighted by molar-refractivity contribution is -0.138. The number of primary amides is 1. The van der Waals surface area contributed by atoms with Crippen molar-refractivity contribution in [2.45, 2.75) is 44.8 Å². The summed E-state index contributed by atoms with van der Waals surface area (Å²) >= 11 is 3.94. The molecule has 0 heterocycles. The summed E-state index contributed by atoms with van der Waals surface area (Å²) < 4.78 is 0. The molecule has 0 unspecified atom stereocenters. The number of thiol groups is 1. The molecule has 6 amide bonds. The molecular weight excluding hydrogens is 486 g/mol. The molecule has 0 fully saturated rings. The minimum atomic E-state index is -1.48. The average molecular weight is 520 g/mol. The number of aliphatic carboxylic acids is 1. The smallest absolute Gasteiger partial charge is 0.322 e. The number of nitrogens with two attached hydrogens (primary N) is 2. The molecule has 0 aliphatic heterocycles. The number of hydrogen-bond acceptors (Lipinski definition) is 9. The van der Waals surface area contributed by atoms with Crippen LogP contribution in [-0.2, 0) is 33.6 Å². The molecule has 3 atom stereocenters. The third kappa shape index (κ3) is 13.8. The summed E-state index contributed by atoms with van der Waals surface area (Å²) in [5.41, 5.74) is 10.3. The normalized spacial score (nSPS) is 13.1. The first-order valence-corrected chi connectivity index (χ1v) is 11.2. The van der Waals surface area contributed by atoms with Gasteiger partial charge < -0.3 is 43.2 Å². The van der Waals surface area contributed by atoms with Crippen molar-refractivity contribution in [3.63, 3.8) is 0 Å². The molecule has 198 valence electrons. The zero-order valence-corrected chi connectivity index (χ0v) is 20.4. The van der Waals surface area contributed by atoms with E-state index >= 15 is 0 Å². The molecule has 10 N–H and O–H groups in total. The SMILES string of the molecule is CC(C)C[C@H](NC(=O)[C@H](CC(N)=O)NC(=O)CNC(=O)[C@H](CS)NC(=O)CN)C(=O)NCC(=O)O. The van der Waals surface area contributed by atoms with Crippen molar-refractivity contribution >= 4 is 54.0 Å². The lowest BCUT2D eigenvalue weighted by atomic mass is 10.0. The fourth-order valence-electron chi connectivity index (χ4n) is 2.65. The lowest BCUT2D eigenvalue weighted by Gasteiger charge is -2.23. The molecule has 0 aliphatic rings. The van der Waals surface area contributed by atoms with E-state index in [0.717, 1.165) is 0 Å². The maximum atomic E-state index is 12.7. The molecule has 0 aromatic heterocycles. The third-order valence-corrected chi connectivity index (χ3v) is 4.62. The van der Waals surface area contributed by atoms with Crippen molar-refractivity contribution in [1.82, 2.24) is 26.6 Å². The number of carboxylic acid groups (broad SMARTS) is 1. The Morgan fingerprint density at radius 2 is 1.34 bits per heavy atom. The molecule has 35 heavy (non-hydrogen) atoms. The summed E-state index contributed by atoms with van der Waals surface area (Å²) in [6.45, 7) is 1.91. The Bertz CT molecular complexity index is 808. The Hall–Kier alpha value is -3.40. The maximum Gasteiger partial charge on any atom is 0.322 e. The van der Waals surface area contributed by atoms with E-state index in [-0.39, 0.29) is 24.6 Å². The van der Waals surface area contributed by atoms with Gasteiger partial charge >= 0.3 is 5.97 Å². The van der Waals surface area contributed by atoms with Crippen molar-refractivity contribution in [2.24, 2.45) is 17.4 Å². The monoisotopic (exact) mass is 519 g/mol. The first kappa shape index (κ1) is 31.6. The van der Waals surface area contributed by atoms with E-state index in [4.69, 9.17) is 16.6 Å². The van der Waals surface area contributed by atoms with Crippen LogP contribution in [0.4, 0.5) is 0 Å². The Kier molecular flexibility index (Phi) is 14.7. The minimum absolute atomic E-state index is 0.0742. The molecule has 0 saturated heterocycles. The van der Waals surface area contributed by atoms with Gasteiger partial charge in [0.2, 0.25) is 35.4 Å². The van der Waals surface area contributed by atoms with Gasteiger partial charge in [0.25, 0.3) is 0 Å². The van der Waals surface area contributed by atoms with Gasteiger partial charge in [-0.3, -0.25) is 33.6 Å². The summed E-state index contributed by atoms with van der Waals surface area (Å²) in [5, 5.41) is 20.1. The Morgan fingerprint density at radius 3 is 1.83 bits per heavy atom. The van der Waals surface area contributed by atoms with Crippen LogP contribution < -0.4 is 38.1 Å². The van der Waals surface area contributed by atoms with Gasteiger partial charge in [-0.15, -0.1) is 0 Å². The van der Waals surface area contributed by atoms with Gasteiger partial charge in [-0.1, -0.05) is 13.8 Å². The molecule has 16 heteroatoms. The second-order valence-electron chi connectivity index (χ2n) is 7.82. The quantitative estimate of drug-likeness (QED) is 0.0890. The highest BCUT2D eigenvalue weighted by Gasteiger charge is 2.29. The minimum Gasteiger partial charge on any atom is -0.480 e. The number of carbonyl (C=O) groups is 7. The van der Waals surface area contributed by atoms with Crippen molar-refractivity contribution in [3.05, 3.63) is 0 Å². The molecule has 0 aromatic carbocycles. The Morgan fingerprint density at radius 1 is 0.800 bits per heavy atom. The van der Waals surface area contributed by atoms with Crippen LogP contribution in [0, 0.1) is 5.92 Å². The Balaban J connectivity index is 5.20. The molecule has 15 nitrogen and oxygen atoms in total. The largest absolute Gasteiger partial charge is 0.480 e. The number of rotatable bonds is 16. The van der Waals surface area contributed by atoms with Gasteiger partial charge in [-0.05, 0) is 12.3 Å². The van der Waals surface area contributed by atoms with Crippen molar-refractivity contribution < 1.29 is 38.7 Å². The molecule has 0 spiro atoms. The van der Waals surface area contributed by atoms with Crippen LogP contribution in [0.2, 0.25) is 0 Å². The fourth-order valence-corrected chi connectivity index (χ4v) is 2.91. The van der Waals surface area contributed by atoms with E-state index in [1.54, 1.807) is 13.8 Å². The highest BCUT2D eigenvalue weighted by atomic mass is 32.1. The second-order valence-corrected chi connectivity index (χ2v) is 8.18. The van der Waals surface area contributed by atoms with Crippen molar-refractivity contribution in [3.8, 4) is 0 Å². The third-order valence-electron chi connectivity index (χ3n) is 4.25. The fraction of sp³-hybridized carbons (Fsp3) is 0.632. The van der Waals surface area contributed by atoms with E-state index in [1.165, 1.54) is 0 Å². The maximum absolute atomic E-state index is 12.7. The molecule has 0 aliphatic carbocycles. The van der Waals surface area contributed by atoms with Gasteiger partial charge in [-0.25, -0.2) is 0 Å². The number of carboxylic acids is 1. The van der Waals surface area contributed by atoms with Crippen LogP contribution in [0.1, 0.15) is 26.7 Å². The highest BCUT2D eigenvalue weighted by Crippen LogP contribution is 2.06. The average Bonchev–Trinajstić information content (AvgIpc) is 2.77.